The monoisotopic (exact) mass is 506 g/mol. The van der Waals surface area contributed by atoms with Crippen LogP contribution in [0, 0.1) is 5.92 Å². The first-order valence-electron chi connectivity index (χ1n) is 9.50. The van der Waals surface area contributed by atoms with E-state index < -0.39 is 0 Å². The molecule has 0 saturated heterocycles. The van der Waals surface area contributed by atoms with Crippen LogP contribution in [-0.4, -0.2) is 58.4 Å². The van der Waals surface area contributed by atoms with Gasteiger partial charge in [-0.05, 0) is 37.5 Å². The molecule has 1 aromatic rings. The smallest absolute Gasteiger partial charge is 0.251 e. The molecule has 0 fully saturated rings. The molecule has 1 unspecified atom stereocenters. The Morgan fingerprint density at radius 1 is 1.14 bits per heavy atom. The van der Waals surface area contributed by atoms with Crippen molar-refractivity contribution in [3.63, 3.8) is 0 Å². The normalized spacial score (nSPS) is 12.1. The van der Waals surface area contributed by atoms with E-state index >= 15 is 0 Å². The lowest BCUT2D eigenvalue weighted by atomic mass is 10.0. The molecule has 0 saturated carbocycles. The van der Waals surface area contributed by atoms with Crippen LogP contribution in [0.1, 0.15) is 37.6 Å². The van der Waals surface area contributed by atoms with E-state index in [1.807, 2.05) is 13.0 Å². The predicted octanol–water partition coefficient (Wildman–Crippen LogP) is 2.66. The SMILES string of the molecule is CCOC(CCNC(=NC)NCCNC(=O)c1cccc(OC)c1)C(C)C.I. The first-order chi connectivity index (χ1) is 13.0. The van der Waals surface area contributed by atoms with E-state index in [2.05, 4.69) is 34.8 Å². The van der Waals surface area contributed by atoms with Crippen molar-refractivity contribution in [2.24, 2.45) is 10.9 Å². The van der Waals surface area contributed by atoms with Crippen molar-refractivity contribution in [1.29, 1.82) is 0 Å². The highest BCUT2D eigenvalue weighted by atomic mass is 127. The van der Waals surface area contributed by atoms with Crippen LogP contribution < -0.4 is 20.7 Å². The molecule has 3 N–H and O–H groups in total. The molecule has 0 aliphatic heterocycles. The molecule has 1 atom stereocenters. The Morgan fingerprint density at radius 2 is 1.82 bits per heavy atom. The zero-order chi connectivity index (χ0) is 20.1. The van der Waals surface area contributed by atoms with E-state index in [0.717, 1.165) is 19.6 Å². The minimum atomic E-state index is -0.130. The Bertz CT molecular complexity index is 597. The van der Waals surface area contributed by atoms with Gasteiger partial charge in [0.25, 0.3) is 5.91 Å². The highest BCUT2D eigenvalue weighted by Crippen LogP contribution is 2.12. The maximum atomic E-state index is 12.1. The first-order valence-corrected chi connectivity index (χ1v) is 9.50. The standard InChI is InChI=1S/C20H34N4O3.HI/c1-6-27-18(15(2)3)10-11-23-20(21-4)24-13-12-22-19(25)16-8-7-9-17(14-16)26-5;/h7-9,14-15,18H,6,10-13H2,1-5H3,(H,22,25)(H2,21,23,24);1H. The molecule has 7 nitrogen and oxygen atoms in total. The van der Waals surface area contributed by atoms with Crippen LogP contribution in [0.5, 0.6) is 5.75 Å². The van der Waals surface area contributed by atoms with Gasteiger partial charge in [0.2, 0.25) is 0 Å². The van der Waals surface area contributed by atoms with Crippen molar-refractivity contribution in [3.05, 3.63) is 29.8 Å². The van der Waals surface area contributed by atoms with Crippen LogP contribution in [0.3, 0.4) is 0 Å². The van der Waals surface area contributed by atoms with Crippen LogP contribution in [0.2, 0.25) is 0 Å². The molecular formula is C20H35IN4O3. The molecule has 0 aliphatic carbocycles. The lowest BCUT2D eigenvalue weighted by Crippen LogP contribution is -2.42. The second-order valence-corrected chi connectivity index (χ2v) is 6.44. The summed E-state index contributed by atoms with van der Waals surface area (Å²) in [4.78, 5) is 16.3. The number of methoxy groups -OCH3 is 1. The zero-order valence-electron chi connectivity index (χ0n) is 17.6. The summed E-state index contributed by atoms with van der Waals surface area (Å²) in [6, 6.07) is 7.08. The number of carbonyl (C=O) groups excluding carboxylic acids is 1. The van der Waals surface area contributed by atoms with E-state index in [9.17, 15) is 4.79 Å². The predicted molar refractivity (Wildman–Crippen MR) is 125 cm³/mol. The molecular weight excluding hydrogens is 471 g/mol. The molecule has 1 rings (SSSR count). The number of amides is 1. The van der Waals surface area contributed by atoms with Crippen molar-refractivity contribution < 1.29 is 14.3 Å². The van der Waals surface area contributed by atoms with E-state index in [0.29, 0.717) is 36.3 Å². The lowest BCUT2D eigenvalue weighted by Gasteiger charge is -2.21. The Hall–Kier alpha value is -1.55. The fourth-order valence-electron chi connectivity index (χ4n) is 2.60. The molecule has 0 radical (unpaired) electrons. The number of carbonyl (C=O) groups is 1. The number of benzene rings is 1. The van der Waals surface area contributed by atoms with Crippen molar-refractivity contribution in [2.75, 3.05) is 40.4 Å². The lowest BCUT2D eigenvalue weighted by molar-refractivity contribution is 0.0258. The summed E-state index contributed by atoms with van der Waals surface area (Å²) in [6.07, 6.45) is 1.15. The van der Waals surface area contributed by atoms with Crippen LogP contribution in [-0.2, 0) is 4.74 Å². The Balaban J connectivity index is 0.00000729. The summed E-state index contributed by atoms with van der Waals surface area (Å²) in [7, 11) is 3.31. The van der Waals surface area contributed by atoms with Crippen molar-refractivity contribution in [3.8, 4) is 5.75 Å². The number of ether oxygens (including phenoxy) is 2. The summed E-state index contributed by atoms with van der Waals surface area (Å²) in [6.45, 7) is 8.92. The van der Waals surface area contributed by atoms with Gasteiger partial charge >= 0.3 is 0 Å². The first kappa shape index (κ1) is 26.4. The number of nitrogens with one attached hydrogen (secondary N) is 3. The van der Waals surface area contributed by atoms with Gasteiger partial charge in [-0.2, -0.15) is 0 Å². The topological polar surface area (TPSA) is 84.0 Å². The Kier molecular flexibility index (Phi) is 14.5. The van der Waals surface area contributed by atoms with E-state index in [-0.39, 0.29) is 36.0 Å². The van der Waals surface area contributed by atoms with Crippen LogP contribution >= 0.6 is 24.0 Å². The van der Waals surface area contributed by atoms with Gasteiger partial charge in [-0.15, -0.1) is 24.0 Å². The third kappa shape index (κ3) is 10.1. The minimum absolute atomic E-state index is 0. The van der Waals surface area contributed by atoms with Gasteiger partial charge in [0.1, 0.15) is 5.75 Å². The number of nitrogens with zero attached hydrogens (tertiary/aromatic N) is 1. The highest BCUT2D eigenvalue weighted by molar-refractivity contribution is 14.0. The summed E-state index contributed by atoms with van der Waals surface area (Å²) >= 11 is 0. The summed E-state index contributed by atoms with van der Waals surface area (Å²) in [5.74, 6) is 1.73. The molecule has 1 amide bonds. The minimum Gasteiger partial charge on any atom is -0.497 e. The van der Waals surface area contributed by atoms with Gasteiger partial charge in [0.15, 0.2) is 5.96 Å². The van der Waals surface area contributed by atoms with Crippen LogP contribution in [0.4, 0.5) is 0 Å². The fraction of sp³-hybridized carbons (Fsp3) is 0.600. The van der Waals surface area contributed by atoms with Gasteiger partial charge in [0, 0.05) is 38.9 Å². The van der Waals surface area contributed by atoms with Gasteiger partial charge in [-0.3, -0.25) is 9.79 Å². The molecule has 0 aromatic heterocycles. The van der Waals surface area contributed by atoms with Gasteiger partial charge in [0.05, 0.1) is 13.2 Å². The summed E-state index contributed by atoms with van der Waals surface area (Å²) in [5, 5.41) is 9.35. The number of guanidine groups is 1. The van der Waals surface area contributed by atoms with Gasteiger partial charge in [-0.25, -0.2) is 0 Å². The quantitative estimate of drug-likeness (QED) is 0.186. The van der Waals surface area contributed by atoms with E-state index in [4.69, 9.17) is 9.47 Å². The maximum Gasteiger partial charge on any atom is 0.251 e. The molecule has 1 aromatic carbocycles. The van der Waals surface area contributed by atoms with Crippen molar-refractivity contribution >= 4 is 35.8 Å². The molecule has 0 spiro atoms. The summed E-state index contributed by atoms with van der Waals surface area (Å²) in [5.41, 5.74) is 0.576. The number of hydrogen-bond acceptors (Lipinski definition) is 4. The Labute approximate surface area is 186 Å². The molecule has 0 aliphatic rings. The largest absolute Gasteiger partial charge is 0.497 e. The maximum absolute atomic E-state index is 12.1. The third-order valence-corrected chi connectivity index (χ3v) is 4.10. The Morgan fingerprint density at radius 3 is 2.43 bits per heavy atom. The highest BCUT2D eigenvalue weighted by Gasteiger charge is 2.13. The fourth-order valence-corrected chi connectivity index (χ4v) is 2.60. The van der Waals surface area contributed by atoms with E-state index in [1.54, 1.807) is 32.4 Å². The summed E-state index contributed by atoms with van der Waals surface area (Å²) < 4.78 is 10.9. The number of hydrogen-bond donors (Lipinski definition) is 3. The third-order valence-electron chi connectivity index (χ3n) is 4.10. The number of halogens is 1. The van der Waals surface area contributed by atoms with Crippen LogP contribution in [0.15, 0.2) is 29.3 Å². The van der Waals surface area contributed by atoms with Crippen molar-refractivity contribution in [1.82, 2.24) is 16.0 Å². The average molecular weight is 506 g/mol. The average Bonchev–Trinajstić information content (AvgIpc) is 2.68. The number of aliphatic imine (C=N–C) groups is 1. The number of rotatable bonds is 11. The molecule has 8 heteroatoms. The zero-order valence-corrected chi connectivity index (χ0v) is 19.9. The van der Waals surface area contributed by atoms with Gasteiger partial charge in [-0.1, -0.05) is 19.9 Å². The van der Waals surface area contributed by atoms with Gasteiger partial charge < -0.3 is 25.4 Å². The molecule has 0 bridgehead atoms. The van der Waals surface area contributed by atoms with E-state index in [1.165, 1.54) is 0 Å². The van der Waals surface area contributed by atoms with Crippen LogP contribution in [0.25, 0.3) is 0 Å². The molecule has 28 heavy (non-hydrogen) atoms. The molecule has 0 heterocycles. The second-order valence-electron chi connectivity index (χ2n) is 6.44. The van der Waals surface area contributed by atoms with Crippen molar-refractivity contribution in [2.45, 2.75) is 33.3 Å². The molecule has 160 valence electrons. The second kappa shape index (κ2) is 15.4.